The molecule has 0 N–H and O–H groups in total. The number of carbonyl (C=O) groups is 1. The zero-order valence-electron chi connectivity index (χ0n) is 15.4. The molecule has 0 radical (unpaired) electrons. The Morgan fingerprint density at radius 3 is 2.81 bits per heavy atom. The molecule has 1 amide bonds. The Morgan fingerprint density at radius 1 is 1.19 bits per heavy atom. The molecule has 2 saturated heterocycles. The topological polar surface area (TPSA) is 71.5 Å². The molecule has 2 aliphatic heterocycles. The van der Waals surface area contributed by atoms with E-state index >= 15 is 0 Å². The van der Waals surface area contributed by atoms with Crippen molar-refractivity contribution in [3.8, 4) is 11.3 Å². The highest BCUT2D eigenvalue weighted by molar-refractivity contribution is 5.72. The number of amides is 1. The number of rotatable bonds is 3. The lowest BCUT2D eigenvalue weighted by Gasteiger charge is -2.44. The van der Waals surface area contributed by atoms with Gasteiger partial charge in [-0.25, -0.2) is 14.8 Å². The van der Waals surface area contributed by atoms with Crippen LogP contribution in [-0.2, 0) is 4.74 Å². The van der Waals surface area contributed by atoms with E-state index in [1.165, 1.54) is 0 Å². The first-order valence-electron chi connectivity index (χ1n) is 8.99. The summed E-state index contributed by atoms with van der Waals surface area (Å²) in [4.78, 5) is 29.8. The lowest BCUT2D eigenvalue weighted by Crippen LogP contribution is -2.61. The van der Waals surface area contributed by atoms with E-state index in [4.69, 9.17) is 9.72 Å². The van der Waals surface area contributed by atoms with E-state index in [-0.39, 0.29) is 11.6 Å². The first-order valence-corrected chi connectivity index (χ1v) is 8.99. The van der Waals surface area contributed by atoms with Gasteiger partial charge in [-0.2, -0.15) is 0 Å². The van der Waals surface area contributed by atoms with Gasteiger partial charge in [0.05, 0.1) is 11.2 Å². The van der Waals surface area contributed by atoms with E-state index in [1.54, 1.807) is 6.20 Å². The highest BCUT2D eigenvalue weighted by Gasteiger charge is 2.49. The summed E-state index contributed by atoms with van der Waals surface area (Å²) >= 11 is 0. The van der Waals surface area contributed by atoms with E-state index in [0.29, 0.717) is 32.2 Å². The second-order valence-corrected chi connectivity index (χ2v) is 7.03. The molecule has 1 unspecified atom stereocenters. The summed E-state index contributed by atoms with van der Waals surface area (Å²) in [5.74, 6) is 0.689. The van der Waals surface area contributed by atoms with Crippen LogP contribution >= 0.6 is 0 Å². The number of aromatic nitrogens is 3. The minimum atomic E-state index is -0.282. The van der Waals surface area contributed by atoms with Crippen LogP contribution in [0.15, 0.2) is 24.4 Å². The van der Waals surface area contributed by atoms with Gasteiger partial charge in [0, 0.05) is 42.8 Å². The maximum Gasteiger partial charge on any atom is 0.410 e. The van der Waals surface area contributed by atoms with Crippen molar-refractivity contribution in [1.29, 1.82) is 0 Å². The lowest BCUT2D eigenvalue weighted by atomic mass is 9.93. The van der Waals surface area contributed by atoms with Crippen LogP contribution < -0.4 is 4.90 Å². The first kappa shape index (κ1) is 16.8. The molecule has 0 spiro atoms. The second kappa shape index (κ2) is 6.23. The minimum absolute atomic E-state index is 0.206. The molecule has 4 heterocycles. The molecular formula is C19H23N5O2. The third kappa shape index (κ3) is 2.67. The Morgan fingerprint density at radius 2 is 2.04 bits per heavy atom. The number of nitrogens with zero attached hydrogens (tertiary/aromatic N) is 5. The van der Waals surface area contributed by atoms with Crippen LogP contribution in [0.4, 0.5) is 10.7 Å². The summed E-state index contributed by atoms with van der Waals surface area (Å²) < 4.78 is 5.31. The van der Waals surface area contributed by atoms with Crippen molar-refractivity contribution >= 4 is 12.0 Å². The van der Waals surface area contributed by atoms with Gasteiger partial charge in [0.2, 0.25) is 5.95 Å². The maximum atomic E-state index is 12.0. The van der Waals surface area contributed by atoms with Gasteiger partial charge >= 0.3 is 6.09 Å². The largest absolute Gasteiger partial charge is 0.447 e. The first-order chi connectivity index (χ1) is 12.5. The molecule has 2 aliphatic rings. The monoisotopic (exact) mass is 353 g/mol. The number of carbonyl (C=O) groups excluding carboxylic acids is 1. The Labute approximate surface area is 153 Å². The van der Waals surface area contributed by atoms with Gasteiger partial charge in [-0.3, -0.25) is 9.88 Å². The van der Waals surface area contributed by atoms with Crippen molar-refractivity contribution in [2.24, 2.45) is 0 Å². The van der Waals surface area contributed by atoms with Gasteiger partial charge < -0.3 is 9.64 Å². The molecule has 136 valence electrons. The Kier molecular flexibility index (Phi) is 4.01. The average molecular weight is 353 g/mol. The van der Waals surface area contributed by atoms with Gasteiger partial charge in [0.25, 0.3) is 0 Å². The average Bonchev–Trinajstić information content (AvgIpc) is 2.99. The summed E-state index contributed by atoms with van der Waals surface area (Å²) in [7, 11) is 0. The molecule has 1 atom stereocenters. The Balaban J connectivity index is 1.64. The Bertz CT molecular complexity index is 856. The number of cyclic esters (lactones) is 1. The second-order valence-electron chi connectivity index (χ2n) is 7.03. The molecule has 7 heteroatoms. The molecule has 0 bridgehead atoms. The number of pyridine rings is 1. The SMILES string of the molecule is CCC12COC(=O)N1CCN(c1nccc(-c3ccc(C)nc3C)n1)C2. The number of fused-ring (bicyclic) bond motifs is 1. The minimum Gasteiger partial charge on any atom is -0.447 e. The van der Waals surface area contributed by atoms with E-state index in [0.717, 1.165) is 29.1 Å². The van der Waals surface area contributed by atoms with Crippen LogP contribution in [0.2, 0.25) is 0 Å². The molecule has 0 aromatic carbocycles. The summed E-state index contributed by atoms with van der Waals surface area (Å²) in [5, 5.41) is 0. The smallest absolute Gasteiger partial charge is 0.410 e. The fourth-order valence-corrected chi connectivity index (χ4v) is 3.84. The van der Waals surface area contributed by atoms with Crippen molar-refractivity contribution < 1.29 is 9.53 Å². The van der Waals surface area contributed by atoms with Crippen LogP contribution in [0.5, 0.6) is 0 Å². The Hall–Kier alpha value is -2.70. The number of hydrogen-bond acceptors (Lipinski definition) is 6. The fourth-order valence-electron chi connectivity index (χ4n) is 3.84. The number of hydrogen-bond donors (Lipinski definition) is 0. The molecule has 2 fully saturated rings. The standard InChI is InChI=1S/C19H23N5O2/c1-4-19-11-23(9-10-24(19)18(25)26-12-19)17-20-8-7-16(22-17)15-6-5-13(2)21-14(15)3/h5-8H,4,9-12H2,1-3H3. The van der Waals surface area contributed by atoms with Crippen LogP contribution in [0.3, 0.4) is 0 Å². The predicted molar refractivity (Wildman–Crippen MR) is 98.0 cm³/mol. The quantitative estimate of drug-likeness (QED) is 0.845. The number of ether oxygens (including phenoxy) is 1. The molecule has 0 saturated carbocycles. The van der Waals surface area contributed by atoms with Crippen LogP contribution in [0.1, 0.15) is 24.7 Å². The zero-order valence-corrected chi connectivity index (χ0v) is 15.4. The molecule has 2 aromatic rings. The van der Waals surface area contributed by atoms with Gasteiger partial charge in [-0.1, -0.05) is 6.92 Å². The summed E-state index contributed by atoms with van der Waals surface area (Å²) in [6.07, 6.45) is 2.43. The van der Waals surface area contributed by atoms with Gasteiger partial charge in [0.1, 0.15) is 6.61 Å². The van der Waals surface area contributed by atoms with E-state index in [2.05, 4.69) is 27.9 Å². The van der Waals surface area contributed by atoms with Crippen molar-refractivity contribution in [2.75, 3.05) is 31.1 Å². The number of anilines is 1. The van der Waals surface area contributed by atoms with Crippen molar-refractivity contribution in [3.05, 3.63) is 35.8 Å². The van der Waals surface area contributed by atoms with Crippen molar-refractivity contribution in [3.63, 3.8) is 0 Å². The lowest BCUT2D eigenvalue weighted by molar-refractivity contribution is 0.137. The zero-order chi connectivity index (χ0) is 18.3. The van der Waals surface area contributed by atoms with E-state index in [9.17, 15) is 4.79 Å². The highest BCUT2D eigenvalue weighted by Crippen LogP contribution is 2.33. The molecule has 0 aliphatic carbocycles. The molecular weight excluding hydrogens is 330 g/mol. The van der Waals surface area contributed by atoms with Crippen LogP contribution in [0.25, 0.3) is 11.3 Å². The van der Waals surface area contributed by atoms with Gasteiger partial charge in [-0.15, -0.1) is 0 Å². The molecule has 2 aromatic heterocycles. The normalized spacial score (nSPS) is 22.3. The van der Waals surface area contributed by atoms with Crippen molar-refractivity contribution in [2.45, 2.75) is 32.7 Å². The molecule has 4 rings (SSSR count). The van der Waals surface area contributed by atoms with Gasteiger partial charge in [0.15, 0.2) is 0 Å². The summed E-state index contributed by atoms with van der Waals surface area (Å²) in [5.41, 5.74) is 3.55. The number of aryl methyl sites for hydroxylation is 2. The number of piperazine rings is 1. The van der Waals surface area contributed by atoms with E-state index in [1.807, 2.05) is 30.9 Å². The van der Waals surface area contributed by atoms with Crippen molar-refractivity contribution in [1.82, 2.24) is 19.9 Å². The fraction of sp³-hybridized carbons (Fsp3) is 0.474. The molecule has 7 nitrogen and oxygen atoms in total. The molecule has 26 heavy (non-hydrogen) atoms. The van der Waals surface area contributed by atoms with Crippen LogP contribution in [0, 0.1) is 13.8 Å². The van der Waals surface area contributed by atoms with Gasteiger partial charge in [-0.05, 0) is 38.5 Å². The highest BCUT2D eigenvalue weighted by atomic mass is 16.6. The van der Waals surface area contributed by atoms with Crippen LogP contribution in [-0.4, -0.2) is 57.7 Å². The third-order valence-corrected chi connectivity index (χ3v) is 5.42. The predicted octanol–water partition coefficient (Wildman–Crippen LogP) is 2.58. The maximum absolute atomic E-state index is 12.0. The van der Waals surface area contributed by atoms with E-state index < -0.39 is 0 Å². The third-order valence-electron chi connectivity index (χ3n) is 5.42. The summed E-state index contributed by atoms with van der Waals surface area (Å²) in [6.45, 7) is 8.52. The summed E-state index contributed by atoms with van der Waals surface area (Å²) in [6, 6.07) is 5.96.